The van der Waals surface area contributed by atoms with Crippen LogP contribution in [0.3, 0.4) is 0 Å². The fraction of sp³-hybridized carbons (Fsp3) is 0.120. The van der Waals surface area contributed by atoms with E-state index in [0.717, 1.165) is 16.7 Å². The molecule has 1 saturated heterocycles. The maximum atomic E-state index is 13.4. The quantitative estimate of drug-likeness (QED) is 0.350. The number of amides is 2. The molecule has 0 aromatic heterocycles. The van der Waals surface area contributed by atoms with Gasteiger partial charge in [-0.2, -0.15) is 0 Å². The van der Waals surface area contributed by atoms with Crippen molar-refractivity contribution in [3.05, 3.63) is 93.6 Å². The Morgan fingerprint density at radius 3 is 2.52 bits per heavy atom. The maximum Gasteiger partial charge on any atom is 0.298 e. The second-order valence-corrected chi connectivity index (χ2v) is 8.48. The molecule has 4 rings (SSSR count). The summed E-state index contributed by atoms with van der Waals surface area (Å²) in [5.41, 5.74) is 1.83. The van der Waals surface area contributed by atoms with Gasteiger partial charge < -0.3 is 9.47 Å². The number of thioether (sulfide) groups is 1. The van der Waals surface area contributed by atoms with Crippen LogP contribution in [0.5, 0.6) is 11.5 Å². The van der Waals surface area contributed by atoms with Gasteiger partial charge in [-0.3, -0.25) is 9.59 Å². The molecule has 0 radical (unpaired) electrons. The molecule has 0 spiro atoms. The first-order chi connectivity index (χ1) is 15.9. The number of carbonyl (C=O) groups is 2. The van der Waals surface area contributed by atoms with Crippen LogP contribution in [0.4, 0.5) is 14.9 Å². The summed E-state index contributed by atoms with van der Waals surface area (Å²) < 4.78 is 24.9. The molecular formula is C25H19ClFNO4S. The van der Waals surface area contributed by atoms with E-state index in [9.17, 15) is 14.0 Å². The number of hydrogen-bond donors (Lipinski definition) is 0. The van der Waals surface area contributed by atoms with Gasteiger partial charge >= 0.3 is 0 Å². The minimum Gasteiger partial charge on any atom is -0.490 e. The van der Waals surface area contributed by atoms with Crippen LogP contribution in [0.15, 0.2) is 71.6 Å². The lowest BCUT2D eigenvalue weighted by molar-refractivity contribution is -0.113. The van der Waals surface area contributed by atoms with Gasteiger partial charge in [0.1, 0.15) is 12.4 Å². The highest BCUT2D eigenvalue weighted by Crippen LogP contribution is 2.37. The van der Waals surface area contributed by atoms with Crippen molar-refractivity contribution < 1.29 is 23.5 Å². The van der Waals surface area contributed by atoms with Crippen LogP contribution in [-0.4, -0.2) is 17.8 Å². The van der Waals surface area contributed by atoms with Gasteiger partial charge in [-0.15, -0.1) is 0 Å². The van der Waals surface area contributed by atoms with Crippen molar-refractivity contribution >= 4 is 46.3 Å². The van der Waals surface area contributed by atoms with Crippen molar-refractivity contribution in [2.45, 2.75) is 13.5 Å². The topological polar surface area (TPSA) is 55.8 Å². The molecule has 168 valence electrons. The van der Waals surface area contributed by atoms with Gasteiger partial charge in [-0.1, -0.05) is 29.8 Å². The zero-order valence-corrected chi connectivity index (χ0v) is 19.2. The Kier molecular flexibility index (Phi) is 7.01. The minimum absolute atomic E-state index is 0.178. The number of benzene rings is 3. The summed E-state index contributed by atoms with van der Waals surface area (Å²) in [5, 5.41) is 0.137. The normalized spacial score (nSPS) is 14.8. The molecule has 1 aliphatic heterocycles. The standard InChI is InChI=1S/C25H19ClFNO4S/c1-2-31-22-13-16(6-11-21(22)32-15-17-4-3-5-19(27)12-17)14-23-24(29)28(25(30)33-23)20-9-7-18(26)8-10-20/h3-14H,2,15H2,1H3. The first-order valence-corrected chi connectivity index (χ1v) is 11.3. The predicted octanol–water partition coefficient (Wildman–Crippen LogP) is 6.70. The highest BCUT2D eigenvalue weighted by atomic mass is 35.5. The molecule has 1 fully saturated rings. The van der Waals surface area contributed by atoms with Gasteiger partial charge in [0, 0.05) is 5.02 Å². The van der Waals surface area contributed by atoms with Crippen molar-refractivity contribution in [3.63, 3.8) is 0 Å². The van der Waals surface area contributed by atoms with Crippen LogP contribution in [0, 0.1) is 5.82 Å². The average molecular weight is 484 g/mol. The molecular weight excluding hydrogens is 465 g/mol. The van der Waals surface area contributed by atoms with Gasteiger partial charge in [0.25, 0.3) is 11.1 Å². The molecule has 8 heteroatoms. The third-order valence-corrected chi connectivity index (χ3v) is 5.85. The first kappa shape index (κ1) is 22.9. The largest absolute Gasteiger partial charge is 0.490 e. The monoisotopic (exact) mass is 483 g/mol. The van der Waals surface area contributed by atoms with Crippen LogP contribution in [0.1, 0.15) is 18.1 Å². The fourth-order valence-electron chi connectivity index (χ4n) is 3.22. The zero-order chi connectivity index (χ0) is 23.4. The molecule has 0 bridgehead atoms. The lowest BCUT2D eigenvalue weighted by Crippen LogP contribution is -2.27. The number of halogens is 2. The van der Waals surface area contributed by atoms with Crippen molar-refractivity contribution in [2.75, 3.05) is 11.5 Å². The third kappa shape index (κ3) is 5.38. The van der Waals surface area contributed by atoms with Crippen LogP contribution in [-0.2, 0) is 11.4 Å². The smallest absolute Gasteiger partial charge is 0.298 e. The molecule has 33 heavy (non-hydrogen) atoms. The van der Waals surface area contributed by atoms with Crippen molar-refractivity contribution in [2.24, 2.45) is 0 Å². The van der Waals surface area contributed by atoms with Crippen LogP contribution < -0.4 is 14.4 Å². The Balaban J connectivity index is 1.55. The summed E-state index contributed by atoms with van der Waals surface area (Å²) in [7, 11) is 0. The number of rotatable bonds is 7. The number of hydrogen-bond acceptors (Lipinski definition) is 5. The van der Waals surface area contributed by atoms with E-state index in [2.05, 4.69) is 0 Å². The zero-order valence-electron chi connectivity index (χ0n) is 17.6. The Bertz CT molecular complexity index is 1230. The SMILES string of the molecule is CCOc1cc(C=C2SC(=O)N(c3ccc(Cl)cc3)C2=O)ccc1OCc1cccc(F)c1. The van der Waals surface area contributed by atoms with Gasteiger partial charge in [-0.25, -0.2) is 9.29 Å². The van der Waals surface area contributed by atoms with E-state index in [-0.39, 0.29) is 17.7 Å². The van der Waals surface area contributed by atoms with Crippen molar-refractivity contribution in [1.82, 2.24) is 0 Å². The first-order valence-electron chi connectivity index (χ1n) is 10.1. The molecule has 1 heterocycles. The molecule has 5 nitrogen and oxygen atoms in total. The van der Waals surface area contributed by atoms with Gasteiger partial charge in [0.2, 0.25) is 0 Å². The molecule has 3 aromatic rings. The lowest BCUT2D eigenvalue weighted by atomic mass is 10.1. The van der Waals surface area contributed by atoms with E-state index in [4.69, 9.17) is 21.1 Å². The third-order valence-electron chi connectivity index (χ3n) is 4.73. The number of ether oxygens (including phenoxy) is 2. The molecule has 3 aromatic carbocycles. The van der Waals surface area contributed by atoms with Crippen molar-refractivity contribution in [1.29, 1.82) is 0 Å². The Morgan fingerprint density at radius 1 is 1.00 bits per heavy atom. The summed E-state index contributed by atoms with van der Waals surface area (Å²) in [6.45, 7) is 2.44. The summed E-state index contributed by atoms with van der Waals surface area (Å²) >= 11 is 6.77. The molecule has 0 aliphatic carbocycles. The molecule has 0 saturated carbocycles. The molecule has 0 unspecified atom stereocenters. The lowest BCUT2D eigenvalue weighted by Gasteiger charge is -2.13. The Morgan fingerprint density at radius 2 is 1.79 bits per heavy atom. The second kappa shape index (κ2) is 10.1. The van der Waals surface area contributed by atoms with Gasteiger partial charge in [-0.05, 0) is 84.4 Å². The summed E-state index contributed by atoms with van der Waals surface area (Å²) in [6.07, 6.45) is 1.64. The maximum absolute atomic E-state index is 13.4. The van der Waals surface area contributed by atoms with Crippen LogP contribution in [0.2, 0.25) is 5.02 Å². The highest BCUT2D eigenvalue weighted by Gasteiger charge is 2.36. The predicted molar refractivity (Wildman–Crippen MR) is 128 cm³/mol. The van der Waals surface area contributed by atoms with E-state index in [1.54, 1.807) is 60.7 Å². The Hall–Kier alpha value is -3.29. The van der Waals surface area contributed by atoms with Crippen LogP contribution >= 0.6 is 23.4 Å². The van der Waals surface area contributed by atoms with Gasteiger partial charge in [0.05, 0.1) is 17.2 Å². The molecule has 2 amide bonds. The fourth-order valence-corrected chi connectivity index (χ4v) is 4.19. The van der Waals surface area contributed by atoms with Gasteiger partial charge in [0.15, 0.2) is 11.5 Å². The second-order valence-electron chi connectivity index (χ2n) is 7.05. The minimum atomic E-state index is -0.406. The molecule has 0 N–H and O–H groups in total. The molecule has 1 aliphatic rings. The van der Waals surface area contributed by atoms with E-state index < -0.39 is 5.91 Å². The van der Waals surface area contributed by atoms with E-state index in [1.165, 1.54) is 12.1 Å². The summed E-state index contributed by atoms with van der Waals surface area (Å²) in [4.78, 5) is 26.7. The van der Waals surface area contributed by atoms with E-state index in [1.807, 2.05) is 6.92 Å². The van der Waals surface area contributed by atoms with E-state index >= 15 is 0 Å². The number of imide groups is 1. The number of nitrogens with zero attached hydrogens (tertiary/aromatic N) is 1. The van der Waals surface area contributed by atoms with Crippen LogP contribution in [0.25, 0.3) is 6.08 Å². The highest BCUT2D eigenvalue weighted by molar-refractivity contribution is 8.19. The average Bonchev–Trinajstić information content (AvgIpc) is 3.07. The Labute approximate surface area is 199 Å². The molecule has 0 atom stereocenters. The number of carbonyl (C=O) groups excluding carboxylic acids is 2. The number of anilines is 1. The van der Waals surface area contributed by atoms with Crippen molar-refractivity contribution in [3.8, 4) is 11.5 Å². The van der Waals surface area contributed by atoms with E-state index in [0.29, 0.717) is 44.8 Å². The summed E-state index contributed by atoms with van der Waals surface area (Å²) in [5.74, 6) is 0.243. The summed E-state index contributed by atoms with van der Waals surface area (Å²) in [6, 6.07) is 17.9.